The van der Waals surface area contributed by atoms with Gasteiger partial charge in [0.15, 0.2) is 0 Å². The van der Waals surface area contributed by atoms with Crippen LogP contribution in [0.15, 0.2) is 0 Å². The Morgan fingerprint density at radius 3 is 2.38 bits per heavy atom. The number of fused-ring (bicyclic) bond motifs is 2. The van der Waals surface area contributed by atoms with E-state index in [4.69, 9.17) is 9.57 Å². The fourth-order valence-electron chi connectivity index (χ4n) is 11.6. The van der Waals surface area contributed by atoms with E-state index in [9.17, 15) is 19.8 Å². The largest absolute Gasteiger partial charge is 0.394 e. The van der Waals surface area contributed by atoms with Gasteiger partial charge in [-0.05, 0) is 114 Å². The summed E-state index contributed by atoms with van der Waals surface area (Å²) in [5, 5.41) is 33.5. The lowest BCUT2D eigenvalue weighted by Crippen LogP contribution is -2.62. The highest BCUT2D eigenvalue weighted by Crippen LogP contribution is 2.61. The molecule has 1 heterocycles. The summed E-state index contributed by atoms with van der Waals surface area (Å²) in [6.45, 7) is 14.2. The molecular weight excluding hydrogens is 658 g/mol. The van der Waals surface area contributed by atoms with Crippen molar-refractivity contribution in [3.8, 4) is 0 Å². The Bertz CT molecular complexity index is 1190. The van der Waals surface area contributed by atoms with Crippen molar-refractivity contribution in [2.45, 2.75) is 142 Å². The van der Waals surface area contributed by atoms with Gasteiger partial charge in [-0.1, -0.05) is 47.5 Å². The van der Waals surface area contributed by atoms with Crippen molar-refractivity contribution in [1.29, 1.82) is 0 Å². The van der Waals surface area contributed by atoms with Crippen molar-refractivity contribution in [3.63, 3.8) is 0 Å². The predicted octanol–water partition coefficient (Wildman–Crippen LogP) is 3.68. The molecule has 2 bridgehead atoms. The fraction of sp³-hybridized carbons (Fsp3) is 0.951. The highest BCUT2D eigenvalue weighted by atomic mass is 16.7. The van der Waals surface area contributed by atoms with Gasteiger partial charge < -0.3 is 35.8 Å². The highest BCUT2D eigenvalue weighted by Gasteiger charge is 2.58. The van der Waals surface area contributed by atoms with Crippen LogP contribution in [0.3, 0.4) is 0 Å². The molecule has 11 heteroatoms. The Morgan fingerprint density at radius 2 is 1.81 bits per heavy atom. The SMILES string of the molecule is CC[C@H](C)[C@@H](CN(C)C)NC(=O)C1CC(NC)CC(C2CCCC(CN3O[C@@H](CO)[C@@H]([C@H](C)O)[C@H]3C(=O)N[C@H]3C[C@H]4C[C@@H]([C@@H]3C)C4(C)C)C2OC)C1. The third kappa shape index (κ3) is 8.71. The molecule has 0 aromatic carbocycles. The minimum absolute atomic E-state index is 0.0575. The smallest absolute Gasteiger partial charge is 0.240 e. The molecule has 6 rings (SSSR count). The molecule has 0 radical (unpaired) electrons. The Balaban J connectivity index is 1.30. The van der Waals surface area contributed by atoms with Gasteiger partial charge in [-0.25, -0.2) is 0 Å². The topological polar surface area (TPSA) is 136 Å². The fourth-order valence-corrected chi connectivity index (χ4v) is 11.6. The van der Waals surface area contributed by atoms with Crippen LogP contribution in [0, 0.1) is 58.7 Å². The molecule has 5 saturated carbocycles. The number of aliphatic hydroxyl groups excluding tert-OH is 2. The molecule has 1 saturated heterocycles. The standard InChI is InChI=1S/C41H75N5O6/c1-11-23(2)34(21-45(8)9)44-39(49)28-15-27(16-30(17-28)42-7)31-14-12-13-26(38(31)51-10)20-46-37(36(25(4)48)35(22-47)52-46)40(50)43-33-19-29-18-32(24(33)3)41(29,5)6/h23-38,42,47-48H,11-22H2,1-10H3,(H,43,50)(H,44,49)/t23-,24-,25-,26?,27?,28?,29+,30?,31?,32-,33-,34+,35-,36+,37-,38?/m0/s1. The maximum absolute atomic E-state index is 14.3. The van der Waals surface area contributed by atoms with Crippen LogP contribution in [0.2, 0.25) is 0 Å². The molecule has 300 valence electrons. The van der Waals surface area contributed by atoms with Crippen molar-refractivity contribution in [1.82, 2.24) is 25.9 Å². The highest BCUT2D eigenvalue weighted by molar-refractivity contribution is 5.83. The predicted molar refractivity (Wildman–Crippen MR) is 204 cm³/mol. The summed E-state index contributed by atoms with van der Waals surface area (Å²) in [6.07, 6.45) is 7.39. The number of carbonyl (C=O) groups is 2. The van der Waals surface area contributed by atoms with Gasteiger partial charge in [-0.2, -0.15) is 5.06 Å². The van der Waals surface area contributed by atoms with E-state index in [1.54, 1.807) is 19.1 Å². The van der Waals surface area contributed by atoms with Crippen LogP contribution in [0.25, 0.3) is 0 Å². The summed E-state index contributed by atoms with van der Waals surface area (Å²) in [5.74, 6) is 2.14. The van der Waals surface area contributed by atoms with Crippen LogP contribution >= 0.6 is 0 Å². The second-order valence-electron chi connectivity index (χ2n) is 18.7. The van der Waals surface area contributed by atoms with E-state index >= 15 is 0 Å². The van der Waals surface area contributed by atoms with E-state index in [2.05, 4.69) is 69.6 Å². The number of hydrogen-bond donors (Lipinski definition) is 5. The summed E-state index contributed by atoms with van der Waals surface area (Å²) in [5.41, 5.74) is 0.317. The number of aliphatic hydroxyl groups is 2. The Labute approximate surface area is 315 Å². The normalized spacial score (nSPS) is 40.8. The third-order valence-electron chi connectivity index (χ3n) is 15.1. The average molecular weight is 734 g/mol. The molecule has 6 aliphatic rings. The number of amides is 2. The third-order valence-corrected chi connectivity index (χ3v) is 15.1. The summed E-state index contributed by atoms with van der Waals surface area (Å²) in [7, 11) is 7.95. The zero-order chi connectivity index (χ0) is 38.1. The van der Waals surface area contributed by atoms with Crippen molar-refractivity contribution >= 4 is 11.8 Å². The maximum atomic E-state index is 14.3. The molecule has 2 amide bonds. The molecule has 0 aromatic heterocycles. The molecule has 5 aliphatic carbocycles. The molecular formula is C41H75N5O6. The van der Waals surface area contributed by atoms with Gasteiger partial charge in [0.2, 0.25) is 11.8 Å². The Kier molecular flexibility index (Phi) is 14.2. The van der Waals surface area contributed by atoms with Crippen molar-refractivity contribution in [3.05, 3.63) is 0 Å². The zero-order valence-corrected chi connectivity index (χ0v) is 34.1. The van der Waals surface area contributed by atoms with E-state index in [-0.39, 0.29) is 60.4 Å². The van der Waals surface area contributed by atoms with E-state index in [1.807, 2.05) is 7.05 Å². The van der Waals surface area contributed by atoms with Crippen LogP contribution in [-0.4, -0.2) is 122 Å². The first-order valence-electron chi connectivity index (χ1n) is 20.8. The van der Waals surface area contributed by atoms with Crippen molar-refractivity contribution in [2.24, 2.45) is 58.7 Å². The second kappa shape index (κ2) is 17.6. The number of methoxy groups -OCH3 is 1. The van der Waals surface area contributed by atoms with Crippen LogP contribution < -0.4 is 16.0 Å². The monoisotopic (exact) mass is 734 g/mol. The molecule has 0 aromatic rings. The molecule has 11 nitrogen and oxygen atoms in total. The van der Waals surface area contributed by atoms with Gasteiger partial charge in [-0.3, -0.25) is 14.4 Å². The van der Waals surface area contributed by atoms with Gasteiger partial charge in [-0.15, -0.1) is 0 Å². The first kappa shape index (κ1) is 41.8. The quantitative estimate of drug-likeness (QED) is 0.171. The first-order chi connectivity index (χ1) is 24.6. The molecule has 16 atom stereocenters. The lowest BCUT2D eigenvalue weighted by molar-refractivity contribution is -0.193. The average Bonchev–Trinajstić information content (AvgIpc) is 3.49. The van der Waals surface area contributed by atoms with Crippen LogP contribution in [0.5, 0.6) is 0 Å². The number of ether oxygens (including phenoxy) is 1. The zero-order valence-electron chi connectivity index (χ0n) is 34.1. The number of hydrogen-bond acceptors (Lipinski definition) is 9. The number of carbonyl (C=O) groups excluding carboxylic acids is 2. The van der Waals surface area contributed by atoms with E-state index in [0.29, 0.717) is 41.5 Å². The van der Waals surface area contributed by atoms with Gasteiger partial charge in [0.05, 0.1) is 18.8 Å². The number of nitrogens with zero attached hydrogens (tertiary/aromatic N) is 2. The summed E-state index contributed by atoms with van der Waals surface area (Å²) in [6, 6.07) is -0.233. The minimum Gasteiger partial charge on any atom is -0.394 e. The number of nitrogens with one attached hydrogen (secondary N) is 3. The van der Waals surface area contributed by atoms with E-state index in [0.717, 1.165) is 57.9 Å². The van der Waals surface area contributed by atoms with Crippen LogP contribution in [-0.2, 0) is 19.2 Å². The summed E-state index contributed by atoms with van der Waals surface area (Å²) >= 11 is 0. The molecule has 0 spiro atoms. The van der Waals surface area contributed by atoms with Crippen molar-refractivity contribution in [2.75, 3.05) is 47.9 Å². The van der Waals surface area contributed by atoms with Gasteiger partial charge in [0, 0.05) is 56.1 Å². The Morgan fingerprint density at radius 1 is 1.08 bits per heavy atom. The lowest BCUT2D eigenvalue weighted by atomic mass is 9.45. The molecule has 5 N–H and O–H groups in total. The number of hydroxylamine groups is 2. The molecule has 52 heavy (non-hydrogen) atoms. The summed E-state index contributed by atoms with van der Waals surface area (Å²) < 4.78 is 6.39. The van der Waals surface area contributed by atoms with Crippen LogP contribution in [0.4, 0.5) is 0 Å². The minimum atomic E-state index is -0.826. The second-order valence-corrected chi connectivity index (χ2v) is 18.7. The van der Waals surface area contributed by atoms with Gasteiger partial charge in [0.1, 0.15) is 12.1 Å². The van der Waals surface area contributed by atoms with Gasteiger partial charge in [0.25, 0.3) is 0 Å². The maximum Gasteiger partial charge on any atom is 0.240 e. The van der Waals surface area contributed by atoms with E-state index in [1.165, 1.54) is 6.42 Å². The molecule has 6 unspecified atom stereocenters. The number of likely N-dealkylation sites (N-methyl/N-ethyl adjacent to an activating group) is 1. The van der Waals surface area contributed by atoms with Crippen molar-refractivity contribution < 1.29 is 29.4 Å². The lowest BCUT2D eigenvalue weighted by Gasteiger charge is -2.62. The molecule has 6 fully saturated rings. The summed E-state index contributed by atoms with van der Waals surface area (Å²) in [4.78, 5) is 36.8. The molecule has 1 aliphatic heterocycles. The van der Waals surface area contributed by atoms with Gasteiger partial charge >= 0.3 is 0 Å². The Hall–Kier alpha value is -1.34. The van der Waals surface area contributed by atoms with E-state index < -0.39 is 24.2 Å². The first-order valence-corrected chi connectivity index (χ1v) is 20.8. The van der Waals surface area contributed by atoms with Crippen LogP contribution in [0.1, 0.15) is 99.3 Å². The number of rotatable bonds is 15.